The summed E-state index contributed by atoms with van der Waals surface area (Å²) in [6.45, 7) is 3.74. The minimum atomic E-state index is -0.273. The van der Waals surface area contributed by atoms with Crippen molar-refractivity contribution in [2.24, 2.45) is 5.92 Å². The van der Waals surface area contributed by atoms with Crippen LogP contribution in [0.2, 0.25) is 0 Å². The molecule has 0 N–H and O–H groups in total. The summed E-state index contributed by atoms with van der Waals surface area (Å²) in [6.07, 6.45) is 1.02. The molecule has 90 valence electrons. The van der Waals surface area contributed by atoms with Gasteiger partial charge in [-0.2, -0.15) is 0 Å². The summed E-state index contributed by atoms with van der Waals surface area (Å²) in [6, 6.07) is 5.01. The first-order valence-corrected chi connectivity index (χ1v) is 5.65. The molecule has 0 fully saturated rings. The maximum atomic E-state index is 11.6. The van der Waals surface area contributed by atoms with Crippen LogP contribution in [0.4, 0.5) is 0 Å². The topological polar surface area (TPSA) is 52.6 Å². The van der Waals surface area contributed by atoms with Gasteiger partial charge >= 0.3 is 11.9 Å². The predicted octanol–water partition coefficient (Wildman–Crippen LogP) is 2.10. The molecular formula is C13H14O4. The summed E-state index contributed by atoms with van der Waals surface area (Å²) >= 11 is 0. The SMILES string of the molecule is CCC(C)C(=O)Oc1ccc2c(c1)OC(=O)C2. The Kier molecular flexibility index (Phi) is 3.13. The van der Waals surface area contributed by atoms with E-state index in [1.807, 2.05) is 13.8 Å². The van der Waals surface area contributed by atoms with E-state index in [0.29, 0.717) is 11.5 Å². The van der Waals surface area contributed by atoms with Crippen molar-refractivity contribution in [2.75, 3.05) is 0 Å². The van der Waals surface area contributed by atoms with Crippen LogP contribution in [0.3, 0.4) is 0 Å². The molecule has 4 heteroatoms. The zero-order valence-electron chi connectivity index (χ0n) is 9.86. The molecule has 1 aliphatic rings. The normalized spacial score (nSPS) is 15.1. The molecule has 0 radical (unpaired) electrons. The largest absolute Gasteiger partial charge is 0.426 e. The van der Waals surface area contributed by atoms with Gasteiger partial charge in [-0.25, -0.2) is 0 Å². The molecule has 0 saturated heterocycles. The van der Waals surface area contributed by atoms with Crippen molar-refractivity contribution in [3.63, 3.8) is 0 Å². The van der Waals surface area contributed by atoms with Crippen molar-refractivity contribution in [3.8, 4) is 11.5 Å². The van der Waals surface area contributed by atoms with Crippen LogP contribution in [-0.4, -0.2) is 11.9 Å². The average Bonchev–Trinajstić information content (AvgIpc) is 2.67. The smallest absolute Gasteiger partial charge is 0.315 e. The summed E-state index contributed by atoms with van der Waals surface area (Å²) in [7, 11) is 0. The molecule has 1 aliphatic heterocycles. The van der Waals surface area contributed by atoms with Gasteiger partial charge in [0.15, 0.2) is 0 Å². The van der Waals surface area contributed by atoms with Crippen LogP contribution in [0.15, 0.2) is 18.2 Å². The maximum Gasteiger partial charge on any atom is 0.315 e. The number of hydrogen-bond acceptors (Lipinski definition) is 4. The first-order valence-electron chi connectivity index (χ1n) is 5.65. The number of hydrogen-bond donors (Lipinski definition) is 0. The monoisotopic (exact) mass is 234 g/mol. The van der Waals surface area contributed by atoms with Crippen molar-refractivity contribution in [3.05, 3.63) is 23.8 Å². The molecule has 1 aromatic carbocycles. The lowest BCUT2D eigenvalue weighted by Gasteiger charge is -2.09. The fourth-order valence-electron chi connectivity index (χ4n) is 1.54. The van der Waals surface area contributed by atoms with Gasteiger partial charge in [0, 0.05) is 11.6 Å². The van der Waals surface area contributed by atoms with Gasteiger partial charge < -0.3 is 9.47 Å². The Labute approximate surface area is 99.5 Å². The number of carbonyl (C=O) groups is 2. The van der Waals surface area contributed by atoms with Gasteiger partial charge in [-0.05, 0) is 12.5 Å². The molecule has 4 nitrogen and oxygen atoms in total. The maximum absolute atomic E-state index is 11.6. The molecule has 1 unspecified atom stereocenters. The van der Waals surface area contributed by atoms with Gasteiger partial charge in [0.2, 0.25) is 0 Å². The number of rotatable bonds is 3. The lowest BCUT2D eigenvalue weighted by molar-refractivity contribution is -0.138. The molecule has 17 heavy (non-hydrogen) atoms. The van der Waals surface area contributed by atoms with E-state index in [2.05, 4.69) is 0 Å². The number of ether oxygens (including phenoxy) is 2. The molecule has 0 saturated carbocycles. The zero-order chi connectivity index (χ0) is 12.4. The Balaban J connectivity index is 2.11. The lowest BCUT2D eigenvalue weighted by atomic mass is 10.1. The van der Waals surface area contributed by atoms with E-state index in [4.69, 9.17) is 9.47 Å². The van der Waals surface area contributed by atoms with E-state index >= 15 is 0 Å². The highest BCUT2D eigenvalue weighted by Crippen LogP contribution is 2.30. The number of esters is 2. The van der Waals surface area contributed by atoms with Gasteiger partial charge in [-0.1, -0.05) is 19.9 Å². The molecular weight excluding hydrogens is 220 g/mol. The van der Waals surface area contributed by atoms with Crippen molar-refractivity contribution in [1.29, 1.82) is 0 Å². The fraction of sp³-hybridized carbons (Fsp3) is 0.385. The fourth-order valence-corrected chi connectivity index (χ4v) is 1.54. The van der Waals surface area contributed by atoms with Crippen LogP contribution >= 0.6 is 0 Å². The Hall–Kier alpha value is -1.84. The van der Waals surface area contributed by atoms with Crippen LogP contribution in [0, 0.1) is 5.92 Å². The van der Waals surface area contributed by atoms with Crippen molar-refractivity contribution < 1.29 is 19.1 Å². The Bertz CT molecular complexity index is 464. The molecule has 0 bridgehead atoms. The molecule has 0 aromatic heterocycles. The minimum absolute atomic E-state index is 0.134. The van der Waals surface area contributed by atoms with Crippen LogP contribution in [0.5, 0.6) is 11.5 Å². The Morgan fingerprint density at radius 3 is 3.00 bits per heavy atom. The molecule has 0 spiro atoms. The molecule has 1 aromatic rings. The van der Waals surface area contributed by atoms with Crippen molar-refractivity contribution in [2.45, 2.75) is 26.7 Å². The number of benzene rings is 1. The van der Waals surface area contributed by atoms with E-state index in [-0.39, 0.29) is 24.3 Å². The standard InChI is InChI=1S/C13H14O4/c1-3-8(2)13(15)16-10-5-4-9-6-12(14)17-11(9)7-10/h4-5,7-8H,3,6H2,1-2H3. The second kappa shape index (κ2) is 4.57. The van der Waals surface area contributed by atoms with Crippen LogP contribution in [-0.2, 0) is 16.0 Å². The first kappa shape index (κ1) is 11.6. The van der Waals surface area contributed by atoms with Crippen molar-refractivity contribution in [1.82, 2.24) is 0 Å². The van der Waals surface area contributed by atoms with E-state index in [0.717, 1.165) is 12.0 Å². The minimum Gasteiger partial charge on any atom is -0.426 e. The zero-order valence-corrected chi connectivity index (χ0v) is 9.86. The third-order valence-corrected chi connectivity index (χ3v) is 2.83. The first-order chi connectivity index (χ1) is 8.10. The Morgan fingerprint density at radius 2 is 2.29 bits per heavy atom. The summed E-state index contributed by atoms with van der Waals surface area (Å²) in [5.74, 6) is 0.237. The van der Waals surface area contributed by atoms with E-state index < -0.39 is 0 Å². The van der Waals surface area contributed by atoms with Gasteiger partial charge in [-0.15, -0.1) is 0 Å². The second-order valence-corrected chi connectivity index (χ2v) is 4.15. The predicted molar refractivity (Wildman–Crippen MR) is 60.9 cm³/mol. The molecule has 1 atom stereocenters. The van der Waals surface area contributed by atoms with Crippen LogP contribution in [0.1, 0.15) is 25.8 Å². The second-order valence-electron chi connectivity index (χ2n) is 4.15. The Morgan fingerprint density at radius 1 is 1.53 bits per heavy atom. The summed E-state index contributed by atoms with van der Waals surface area (Å²) in [4.78, 5) is 22.6. The summed E-state index contributed by atoms with van der Waals surface area (Å²) in [5.41, 5.74) is 0.832. The molecule has 0 amide bonds. The van der Waals surface area contributed by atoms with Gasteiger partial charge in [-0.3, -0.25) is 9.59 Å². The third kappa shape index (κ3) is 2.46. The van der Waals surface area contributed by atoms with Crippen molar-refractivity contribution >= 4 is 11.9 Å². The third-order valence-electron chi connectivity index (χ3n) is 2.83. The van der Waals surface area contributed by atoms with E-state index in [1.165, 1.54) is 0 Å². The quantitative estimate of drug-likeness (QED) is 0.593. The van der Waals surface area contributed by atoms with E-state index in [9.17, 15) is 9.59 Å². The average molecular weight is 234 g/mol. The molecule has 2 rings (SSSR count). The summed E-state index contributed by atoms with van der Waals surface area (Å²) < 4.78 is 10.2. The molecule has 0 aliphatic carbocycles. The highest BCUT2D eigenvalue weighted by molar-refractivity contribution is 5.81. The number of fused-ring (bicyclic) bond motifs is 1. The van der Waals surface area contributed by atoms with Gasteiger partial charge in [0.25, 0.3) is 0 Å². The number of carbonyl (C=O) groups excluding carboxylic acids is 2. The van der Waals surface area contributed by atoms with Gasteiger partial charge in [0.1, 0.15) is 11.5 Å². The lowest BCUT2D eigenvalue weighted by Crippen LogP contribution is -2.16. The van der Waals surface area contributed by atoms with Gasteiger partial charge in [0.05, 0.1) is 12.3 Å². The van der Waals surface area contributed by atoms with Crippen LogP contribution < -0.4 is 9.47 Å². The highest BCUT2D eigenvalue weighted by atomic mass is 16.5. The molecule has 1 heterocycles. The van der Waals surface area contributed by atoms with Crippen LogP contribution in [0.25, 0.3) is 0 Å². The van der Waals surface area contributed by atoms with E-state index in [1.54, 1.807) is 18.2 Å². The summed E-state index contributed by atoms with van der Waals surface area (Å²) in [5, 5.41) is 0. The highest BCUT2D eigenvalue weighted by Gasteiger charge is 2.21.